The van der Waals surface area contributed by atoms with Crippen LogP contribution in [0.15, 0.2) is 0 Å². The first kappa shape index (κ1) is 14.5. The average Bonchev–Trinajstić information content (AvgIpc) is 2.63. The molecule has 0 unspecified atom stereocenters. The summed E-state index contributed by atoms with van der Waals surface area (Å²) in [6.07, 6.45) is 16.0. The second kappa shape index (κ2) is 8.76. The van der Waals surface area contributed by atoms with Gasteiger partial charge in [0.1, 0.15) is 0 Å². The molecule has 0 N–H and O–H groups in total. The Morgan fingerprint density at radius 1 is 0.615 bits per heavy atom. The predicted octanol–water partition coefficient (Wildman–Crippen LogP) is 3.49. The fourth-order valence-electron chi connectivity index (χ4n) is 0.701. The van der Waals surface area contributed by atoms with Crippen molar-refractivity contribution in [2.45, 2.75) is 0 Å². The minimum atomic E-state index is 0. The van der Waals surface area contributed by atoms with Crippen molar-refractivity contribution in [1.29, 1.82) is 0 Å². The molecule has 0 aromatic rings. The quantitative estimate of drug-likeness (QED) is 0.591. The van der Waals surface area contributed by atoms with Crippen LogP contribution >= 0.6 is 31.9 Å². The molecular formula is C10H8Br2Fe+2. The maximum atomic E-state index is 3.28. The number of hydrogen-bond acceptors (Lipinski definition) is 0. The van der Waals surface area contributed by atoms with Crippen LogP contribution in [0.3, 0.4) is 0 Å². The molecule has 0 aromatic carbocycles. The van der Waals surface area contributed by atoms with Crippen LogP contribution in [0.25, 0.3) is 0 Å². The topological polar surface area (TPSA) is 0 Å². The summed E-state index contributed by atoms with van der Waals surface area (Å²) in [4.78, 5) is 2.31. The molecule has 0 spiro atoms. The molecule has 2 rings (SSSR count). The molecule has 0 heterocycles. The van der Waals surface area contributed by atoms with Gasteiger partial charge in [0.2, 0.25) is 0 Å². The zero-order chi connectivity index (χ0) is 8.81. The minimum Gasteiger partial charge on any atom is -0.0831 e. The van der Waals surface area contributed by atoms with Gasteiger partial charge in [0.15, 0.2) is 0 Å². The molecule has 68 valence electrons. The Labute approximate surface area is 109 Å². The first-order chi connectivity index (χ1) is 5.79. The molecule has 0 amide bonds. The molecule has 0 bridgehead atoms. The van der Waals surface area contributed by atoms with Gasteiger partial charge in [-0.2, -0.15) is 0 Å². The largest absolute Gasteiger partial charge is 2.00 e. The molecular weight excluding hydrogens is 336 g/mol. The van der Waals surface area contributed by atoms with Crippen LogP contribution in [0, 0.1) is 61.0 Å². The van der Waals surface area contributed by atoms with Crippen LogP contribution < -0.4 is 0 Å². The van der Waals surface area contributed by atoms with E-state index < -0.39 is 0 Å². The second-order valence-corrected chi connectivity index (χ2v) is 4.04. The Balaban J connectivity index is 0.000000206. The first-order valence-corrected chi connectivity index (χ1v) is 5.12. The third-order valence-electron chi connectivity index (χ3n) is 1.24. The average molecular weight is 344 g/mol. The van der Waals surface area contributed by atoms with Crippen molar-refractivity contribution < 1.29 is 17.1 Å². The number of halogens is 2. The Morgan fingerprint density at radius 3 is 0.923 bits per heavy atom. The molecule has 0 nitrogen and oxygen atoms in total. The Bertz CT molecular complexity index is 93.5. The molecule has 2 saturated carbocycles. The molecule has 2 aliphatic carbocycles. The third kappa shape index (κ3) is 7.41. The van der Waals surface area contributed by atoms with Crippen molar-refractivity contribution in [1.82, 2.24) is 0 Å². The third-order valence-corrected chi connectivity index (χ3v) is 2.30. The van der Waals surface area contributed by atoms with E-state index in [1.807, 2.05) is 51.4 Å². The zero-order valence-electron chi connectivity index (χ0n) is 6.73. The predicted molar refractivity (Wildman–Crippen MR) is 58.7 cm³/mol. The maximum absolute atomic E-state index is 3.28. The van der Waals surface area contributed by atoms with Gasteiger partial charge in [-0.3, -0.25) is 0 Å². The summed E-state index contributed by atoms with van der Waals surface area (Å²) in [6, 6.07) is 0. The van der Waals surface area contributed by atoms with E-state index in [9.17, 15) is 0 Å². The van der Waals surface area contributed by atoms with E-state index in [1.165, 1.54) is 0 Å². The van der Waals surface area contributed by atoms with Crippen LogP contribution in [-0.4, -0.2) is 0 Å². The molecule has 0 aliphatic heterocycles. The Kier molecular flexibility index (Phi) is 9.76. The van der Waals surface area contributed by atoms with E-state index in [0.29, 0.717) is 0 Å². The summed E-state index contributed by atoms with van der Waals surface area (Å²) < 4.78 is 0. The summed E-state index contributed by atoms with van der Waals surface area (Å²) >= 11 is 6.56. The van der Waals surface area contributed by atoms with Crippen molar-refractivity contribution in [2.24, 2.45) is 0 Å². The van der Waals surface area contributed by atoms with Gasteiger partial charge < -0.3 is 0 Å². The van der Waals surface area contributed by atoms with Crippen LogP contribution in [0.2, 0.25) is 0 Å². The maximum Gasteiger partial charge on any atom is 2.00 e. The zero-order valence-corrected chi connectivity index (χ0v) is 11.0. The molecule has 2 fully saturated rings. The van der Waals surface area contributed by atoms with E-state index in [0.717, 1.165) is 9.65 Å². The Morgan fingerprint density at radius 2 is 0.846 bits per heavy atom. The number of hydrogen-bond donors (Lipinski definition) is 0. The van der Waals surface area contributed by atoms with Crippen molar-refractivity contribution >= 4 is 31.9 Å². The van der Waals surface area contributed by atoms with Gasteiger partial charge in [0, 0.05) is 9.65 Å². The van der Waals surface area contributed by atoms with Gasteiger partial charge in [0.05, 0.1) is 0 Å². The first-order valence-electron chi connectivity index (χ1n) is 3.53. The van der Waals surface area contributed by atoms with Crippen molar-refractivity contribution in [3.8, 4) is 0 Å². The monoisotopic (exact) mass is 342 g/mol. The fraction of sp³-hybridized carbons (Fsp3) is 0. The van der Waals surface area contributed by atoms with E-state index >= 15 is 0 Å². The number of rotatable bonds is 0. The van der Waals surface area contributed by atoms with E-state index in [2.05, 4.69) is 31.9 Å². The van der Waals surface area contributed by atoms with Crippen molar-refractivity contribution in [3.63, 3.8) is 0 Å². The smallest absolute Gasteiger partial charge is 0.0831 e. The van der Waals surface area contributed by atoms with E-state index in [1.54, 1.807) is 0 Å². The van der Waals surface area contributed by atoms with Crippen molar-refractivity contribution in [3.05, 3.63) is 61.0 Å². The van der Waals surface area contributed by atoms with Gasteiger partial charge >= 0.3 is 17.1 Å². The standard InChI is InChI=1S/2C5H4Br.Fe/c2*6-5-3-1-2-4-5;/h2*1-4H;/q;;+2. The second-order valence-electron chi connectivity index (χ2n) is 2.21. The summed E-state index contributed by atoms with van der Waals surface area (Å²) in [5, 5.41) is 0. The summed E-state index contributed by atoms with van der Waals surface area (Å²) in [5.74, 6) is 0. The molecule has 0 aromatic heterocycles. The van der Waals surface area contributed by atoms with Crippen LogP contribution in [0.1, 0.15) is 0 Å². The molecule has 0 atom stereocenters. The summed E-state index contributed by atoms with van der Waals surface area (Å²) in [6.45, 7) is 0. The van der Waals surface area contributed by atoms with Crippen LogP contribution in [0.5, 0.6) is 0 Å². The van der Waals surface area contributed by atoms with Crippen LogP contribution in [0.4, 0.5) is 0 Å². The molecule has 2 aliphatic rings. The van der Waals surface area contributed by atoms with E-state index in [-0.39, 0.29) is 17.1 Å². The Hall–Kier alpha value is 1.48. The van der Waals surface area contributed by atoms with Gasteiger partial charge in [0.25, 0.3) is 0 Å². The molecule has 3 heteroatoms. The van der Waals surface area contributed by atoms with E-state index in [4.69, 9.17) is 0 Å². The fourth-order valence-corrected chi connectivity index (χ4v) is 1.31. The van der Waals surface area contributed by atoms with Gasteiger partial charge in [-0.15, -0.1) is 0 Å². The SMILES string of the molecule is Br[C]1[CH][CH][CH][CH]1.Br[C]1[CH][CH][CH][CH]1.[Fe+2]. The summed E-state index contributed by atoms with van der Waals surface area (Å²) in [7, 11) is 0. The minimum absolute atomic E-state index is 0. The van der Waals surface area contributed by atoms with Gasteiger partial charge in [-0.05, 0) is 51.4 Å². The van der Waals surface area contributed by atoms with Crippen LogP contribution in [-0.2, 0) is 17.1 Å². The van der Waals surface area contributed by atoms with Gasteiger partial charge in [-0.1, -0.05) is 31.9 Å². The molecule has 0 saturated heterocycles. The van der Waals surface area contributed by atoms with Crippen molar-refractivity contribution in [2.75, 3.05) is 0 Å². The molecule has 10 radical (unpaired) electrons. The van der Waals surface area contributed by atoms with Gasteiger partial charge in [-0.25, -0.2) is 0 Å². The normalized spacial score (nSPS) is 23.5. The molecule has 13 heavy (non-hydrogen) atoms. The summed E-state index contributed by atoms with van der Waals surface area (Å²) in [5.41, 5.74) is 0.